The fourth-order valence-electron chi connectivity index (χ4n) is 1.93. The van der Waals surface area contributed by atoms with E-state index in [4.69, 9.17) is 16.3 Å². The number of alkyl halides is 1. The van der Waals surface area contributed by atoms with Crippen LogP contribution < -0.4 is 4.90 Å². The van der Waals surface area contributed by atoms with Gasteiger partial charge in [0.1, 0.15) is 0 Å². The van der Waals surface area contributed by atoms with Crippen LogP contribution in [-0.2, 0) is 10.6 Å². The number of hydrogen-bond acceptors (Lipinski definition) is 2. The van der Waals surface area contributed by atoms with E-state index in [9.17, 15) is 0 Å². The van der Waals surface area contributed by atoms with Crippen LogP contribution in [0.5, 0.6) is 0 Å². The summed E-state index contributed by atoms with van der Waals surface area (Å²) < 4.78 is 5.34. The van der Waals surface area contributed by atoms with Gasteiger partial charge in [-0.3, -0.25) is 0 Å². The zero-order chi connectivity index (χ0) is 10.7. The Balaban J connectivity index is 2.25. The minimum atomic E-state index is 0.578. The molecule has 0 aliphatic carbocycles. The SMILES string of the molecule is Cc1ccc(N2CCOCC2)c(CCl)c1. The Morgan fingerprint density at radius 1 is 1.33 bits per heavy atom. The van der Waals surface area contributed by atoms with E-state index < -0.39 is 0 Å². The maximum absolute atomic E-state index is 5.97. The summed E-state index contributed by atoms with van der Waals surface area (Å²) in [5, 5.41) is 0. The van der Waals surface area contributed by atoms with Crippen LogP contribution in [0, 0.1) is 6.92 Å². The molecule has 0 atom stereocenters. The average Bonchev–Trinajstić information content (AvgIpc) is 2.30. The van der Waals surface area contributed by atoms with Gasteiger partial charge in [-0.1, -0.05) is 17.7 Å². The molecule has 1 aromatic carbocycles. The molecule has 1 fully saturated rings. The normalized spacial score (nSPS) is 16.8. The summed E-state index contributed by atoms with van der Waals surface area (Å²) in [7, 11) is 0. The topological polar surface area (TPSA) is 12.5 Å². The molecule has 0 saturated carbocycles. The molecular formula is C12H16ClNO. The highest BCUT2D eigenvalue weighted by Crippen LogP contribution is 2.24. The second-order valence-corrected chi connectivity index (χ2v) is 4.13. The average molecular weight is 226 g/mol. The first-order chi connectivity index (χ1) is 7.31. The largest absolute Gasteiger partial charge is 0.378 e. The number of rotatable bonds is 2. The Morgan fingerprint density at radius 3 is 2.73 bits per heavy atom. The number of ether oxygens (including phenoxy) is 1. The van der Waals surface area contributed by atoms with Crippen molar-refractivity contribution >= 4 is 17.3 Å². The lowest BCUT2D eigenvalue weighted by Crippen LogP contribution is -2.36. The lowest BCUT2D eigenvalue weighted by atomic mass is 10.1. The number of halogens is 1. The number of anilines is 1. The van der Waals surface area contributed by atoms with Crippen molar-refractivity contribution < 1.29 is 4.74 Å². The summed E-state index contributed by atoms with van der Waals surface area (Å²) in [6.45, 7) is 5.66. The number of aryl methyl sites for hydroxylation is 1. The molecule has 0 N–H and O–H groups in total. The Labute approximate surface area is 95.8 Å². The molecule has 2 rings (SSSR count). The van der Waals surface area contributed by atoms with Gasteiger partial charge in [-0.25, -0.2) is 0 Å². The van der Waals surface area contributed by atoms with Crippen molar-refractivity contribution in [1.29, 1.82) is 0 Å². The molecule has 1 aliphatic rings. The minimum absolute atomic E-state index is 0.578. The highest BCUT2D eigenvalue weighted by molar-refractivity contribution is 6.17. The van der Waals surface area contributed by atoms with Gasteiger partial charge in [0.25, 0.3) is 0 Å². The third-order valence-electron chi connectivity index (χ3n) is 2.73. The van der Waals surface area contributed by atoms with E-state index >= 15 is 0 Å². The molecule has 0 amide bonds. The monoisotopic (exact) mass is 225 g/mol. The number of hydrogen-bond donors (Lipinski definition) is 0. The summed E-state index contributed by atoms with van der Waals surface area (Å²) in [6, 6.07) is 6.47. The smallest absolute Gasteiger partial charge is 0.0642 e. The van der Waals surface area contributed by atoms with Crippen molar-refractivity contribution in [1.82, 2.24) is 0 Å². The van der Waals surface area contributed by atoms with Gasteiger partial charge in [0.05, 0.1) is 13.2 Å². The third-order valence-corrected chi connectivity index (χ3v) is 3.02. The van der Waals surface area contributed by atoms with Gasteiger partial charge in [-0.05, 0) is 18.6 Å². The molecule has 2 nitrogen and oxygen atoms in total. The molecule has 15 heavy (non-hydrogen) atoms. The van der Waals surface area contributed by atoms with Gasteiger partial charge in [0, 0.05) is 24.7 Å². The molecule has 0 unspecified atom stereocenters. The highest BCUT2D eigenvalue weighted by Gasteiger charge is 2.13. The number of morpholine rings is 1. The molecule has 3 heteroatoms. The van der Waals surface area contributed by atoms with E-state index in [0.29, 0.717) is 5.88 Å². The Hall–Kier alpha value is -0.730. The minimum Gasteiger partial charge on any atom is -0.378 e. The molecule has 0 spiro atoms. The Bertz CT molecular complexity index is 334. The number of benzene rings is 1. The van der Waals surface area contributed by atoms with Gasteiger partial charge < -0.3 is 9.64 Å². The summed E-state index contributed by atoms with van der Waals surface area (Å²) in [5.41, 5.74) is 3.75. The first-order valence-corrected chi connectivity index (χ1v) is 5.83. The molecule has 1 saturated heterocycles. The zero-order valence-electron chi connectivity index (χ0n) is 9.00. The summed E-state index contributed by atoms with van der Waals surface area (Å²) in [4.78, 5) is 2.35. The molecule has 0 radical (unpaired) electrons. The van der Waals surface area contributed by atoms with Crippen molar-refractivity contribution in [2.75, 3.05) is 31.2 Å². The van der Waals surface area contributed by atoms with Crippen LogP contribution in [0.25, 0.3) is 0 Å². The van der Waals surface area contributed by atoms with E-state index in [1.807, 2.05) is 0 Å². The van der Waals surface area contributed by atoms with Crippen LogP contribution in [0.15, 0.2) is 18.2 Å². The molecule has 0 bridgehead atoms. The fraction of sp³-hybridized carbons (Fsp3) is 0.500. The van der Waals surface area contributed by atoms with Gasteiger partial charge in [-0.2, -0.15) is 0 Å². The highest BCUT2D eigenvalue weighted by atomic mass is 35.5. The molecule has 82 valence electrons. The lowest BCUT2D eigenvalue weighted by molar-refractivity contribution is 0.122. The van der Waals surface area contributed by atoms with Gasteiger partial charge in [-0.15, -0.1) is 11.6 Å². The van der Waals surface area contributed by atoms with Gasteiger partial charge >= 0.3 is 0 Å². The van der Waals surface area contributed by atoms with Gasteiger partial charge in [0.15, 0.2) is 0 Å². The quantitative estimate of drug-likeness (QED) is 0.718. The summed E-state index contributed by atoms with van der Waals surface area (Å²) >= 11 is 5.97. The maximum Gasteiger partial charge on any atom is 0.0642 e. The van der Waals surface area contributed by atoms with Crippen molar-refractivity contribution in [3.63, 3.8) is 0 Å². The van der Waals surface area contributed by atoms with Crippen molar-refractivity contribution in [3.8, 4) is 0 Å². The molecule has 1 aromatic rings. The number of nitrogens with zero attached hydrogens (tertiary/aromatic N) is 1. The van der Waals surface area contributed by atoms with E-state index in [-0.39, 0.29) is 0 Å². The van der Waals surface area contributed by atoms with Crippen LogP contribution in [0.2, 0.25) is 0 Å². The van der Waals surface area contributed by atoms with E-state index in [2.05, 4.69) is 30.0 Å². The molecule has 1 heterocycles. The second kappa shape index (κ2) is 4.86. The zero-order valence-corrected chi connectivity index (χ0v) is 9.76. The third kappa shape index (κ3) is 2.44. The van der Waals surface area contributed by atoms with Crippen LogP contribution >= 0.6 is 11.6 Å². The first kappa shape index (κ1) is 10.8. The molecule has 0 aromatic heterocycles. The molecule has 1 aliphatic heterocycles. The van der Waals surface area contributed by atoms with Crippen molar-refractivity contribution in [2.45, 2.75) is 12.8 Å². The lowest BCUT2D eigenvalue weighted by Gasteiger charge is -2.30. The van der Waals surface area contributed by atoms with Crippen molar-refractivity contribution in [3.05, 3.63) is 29.3 Å². The van der Waals surface area contributed by atoms with Crippen LogP contribution in [0.4, 0.5) is 5.69 Å². The Kier molecular flexibility index (Phi) is 3.49. The second-order valence-electron chi connectivity index (χ2n) is 3.87. The predicted octanol–water partition coefficient (Wildman–Crippen LogP) is 2.57. The van der Waals surface area contributed by atoms with Crippen LogP contribution in [0.1, 0.15) is 11.1 Å². The summed E-state index contributed by atoms with van der Waals surface area (Å²) in [5.74, 6) is 0.578. The molecular weight excluding hydrogens is 210 g/mol. The van der Waals surface area contributed by atoms with Crippen LogP contribution in [-0.4, -0.2) is 26.3 Å². The standard InChI is InChI=1S/C12H16ClNO/c1-10-2-3-12(11(8-10)9-13)14-4-6-15-7-5-14/h2-3,8H,4-7,9H2,1H3. The predicted molar refractivity (Wildman–Crippen MR) is 63.8 cm³/mol. The summed E-state index contributed by atoms with van der Waals surface area (Å²) in [6.07, 6.45) is 0. The van der Waals surface area contributed by atoms with E-state index in [1.165, 1.54) is 16.8 Å². The fourth-order valence-corrected chi connectivity index (χ4v) is 2.15. The first-order valence-electron chi connectivity index (χ1n) is 5.29. The Morgan fingerprint density at radius 2 is 2.07 bits per heavy atom. The van der Waals surface area contributed by atoms with Crippen molar-refractivity contribution in [2.24, 2.45) is 0 Å². The van der Waals surface area contributed by atoms with E-state index in [1.54, 1.807) is 0 Å². The van der Waals surface area contributed by atoms with Crippen LogP contribution in [0.3, 0.4) is 0 Å². The van der Waals surface area contributed by atoms with Gasteiger partial charge in [0.2, 0.25) is 0 Å². The van der Waals surface area contributed by atoms with E-state index in [0.717, 1.165) is 26.3 Å². The maximum atomic E-state index is 5.97.